The Hall–Kier alpha value is -2.12. The van der Waals surface area contributed by atoms with Gasteiger partial charge in [-0.2, -0.15) is 0 Å². The van der Waals surface area contributed by atoms with Gasteiger partial charge in [0.1, 0.15) is 12.4 Å². The number of hydrogen-bond acceptors (Lipinski definition) is 4. The Morgan fingerprint density at radius 2 is 1.96 bits per heavy atom. The van der Waals surface area contributed by atoms with Gasteiger partial charge < -0.3 is 19.9 Å². The van der Waals surface area contributed by atoms with Gasteiger partial charge in [-0.3, -0.25) is 4.79 Å². The minimum absolute atomic E-state index is 0.122. The molecule has 0 heterocycles. The summed E-state index contributed by atoms with van der Waals surface area (Å²) in [5.41, 5.74) is 1.69. The maximum atomic E-state index is 12.9. The van der Waals surface area contributed by atoms with E-state index in [4.69, 9.17) is 14.6 Å². The van der Waals surface area contributed by atoms with E-state index < -0.39 is 5.97 Å². The van der Waals surface area contributed by atoms with Gasteiger partial charge in [-0.05, 0) is 51.3 Å². The van der Waals surface area contributed by atoms with Crippen LogP contribution in [-0.4, -0.2) is 24.7 Å². The van der Waals surface area contributed by atoms with Crippen LogP contribution in [0, 0.1) is 5.82 Å². The predicted octanol–water partition coefficient (Wildman–Crippen LogP) is 3.35. The maximum absolute atomic E-state index is 12.9. The number of aliphatic carboxylic acids is 1. The van der Waals surface area contributed by atoms with Crippen LogP contribution in [0.5, 0.6) is 11.5 Å². The molecule has 0 fully saturated rings. The molecule has 0 aliphatic carbocycles. The number of hydrogen-bond donors (Lipinski definition) is 2. The molecule has 2 aromatic rings. The highest BCUT2D eigenvalue weighted by molar-refractivity contribution is 9.10. The number of halogens is 2. The highest BCUT2D eigenvalue weighted by atomic mass is 79.9. The highest BCUT2D eigenvalue weighted by Gasteiger charge is 2.12. The van der Waals surface area contributed by atoms with Crippen LogP contribution in [-0.2, 0) is 17.9 Å². The fourth-order valence-corrected chi connectivity index (χ4v) is 2.67. The SMILES string of the molecule is COc1cc(CNCC(=O)O)cc(Br)c1OCc1ccc(F)cc1. The van der Waals surface area contributed by atoms with Crippen molar-refractivity contribution in [3.8, 4) is 11.5 Å². The molecule has 7 heteroatoms. The normalized spacial score (nSPS) is 10.5. The van der Waals surface area contributed by atoms with E-state index in [1.807, 2.05) is 6.07 Å². The molecule has 24 heavy (non-hydrogen) atoms. The number of nitrogens with one attached hydrogen (secondary N) is 1. The van der Waals surface area contributed by atoms with Gasteiger partial charge in [0.2, 0.25) is 0 Å². The highest BCUT2D eigenvalue weighted by Crippen LogP contribution is 2.37. The third kappa shape index (κ3) is 5.21. The Bertz CT molecular complexity index is 706. The number of carboxylic acid groups (broad SMARTS) is 1. The molecule has 5 nitrogen and oxygen atoms in total. The van der Waals surface area contributed by atoms with Crippen LogP contribution in [0.2, 0.25) is 0 Å². The van der Waals surface area contributed by atoms with Crippen LogP contribution in [0.25, 0.3) is 0 Å². The second-order valence-electron chi connectivity index (χ2n) is 5.02. The molecule has 0 saturated heterocycles. The van der Waals surface area contributed by atoms with Crippen molar-refractivity contribution in [3.05, 3.63) is 57.8 Å². The first-order chi connectivity index (χ1) is 11.5. The van der Waals surface area contributed by atoms with Gasteiger partial charge in [-0.15, -0.1) is 0 Å². The molecule has 0 amide bonds. The van der Waals surface area contributed by atoms with E-state index in [-0.39, 0.29) is 19.0 Å². The van der Waals surface area contributed by atoms with Crippen molar-refractivity contribution in [2.75, 3.05) is 13.7 Å². The Labute approximate surface area is 147 Å². The van der Waals surface area contributed by atoms with Gasteiger partial charge in [-0.1, -0.05) is 12.1 Å². The Morgan fingerprint density at radius 3 is 2.58 bits per heavy atom. The van der Waals surface area contributed by atoms with Crippen LogP contribution >= 0.6 is 15.9 Å². The van der Waals surface area contributed by atoms with Gasteiger partial charge in [0.05, 0.1) is 18.1 Å². The molecule has 0 unspecified atom stereocenters. The van der Waals surface area contributed by atoms with Gasteiger partial charge in [0.25, 0.3) is 0 Å². The Kier molecular flexibility index (Phi) is 6.57. The summed E-state index contributed by atoms with van der Waals surface area (Å²) in [5.74, 6) is -0.154. The lowest BCUT2D eigenvalue weighted by Crippen LogP contribution is -2.21. The summed E-state index contributed by atoms with van der Waals surface area (Å²) in [5, 5.41) is 11.5. The van der Waals surface area contributed by atoms with E-state index in [1.165, 1.54) is 19.2 Å². The number of benzene rings is 2. The van der Waals surface area contributed by atoms with Crippen molar-refractivity contribution >= 4 is 21.9 Å². The van der Waals surface area contributed by atoms with Crippen LogP contribution in [0.3, 0.4) is 0 Å². The Balaban J connectivity index is 2.08. The van der Waals surface area contributed by atoms with Crippen LogP contribution < -0.4 is 14.8 Å². The van der Waals surface area contributed by atoms with Crippen molar-refractivity contribution in [3.63, 3.8) is 0 Å². The smallest absolute Gasteiger partial charge is 0.317 e. The second kappa shape index (κ2) is 8.65. The van der Waals surface area contributed by atoms with Crippen molar-refractivity contribution in [1.82, 2.24) is 5.32 Å². The quantitative estimate of drug-likeness (QED) is 0.714. The minimum atomic E-state index is -0.916. The number of carboxylic acids is 1. The molecule has 0 atom stereocenters. The second-order valence-corrected chi connectivity index (χ2v) is 5.88. The standard InChI is InChI=1S/C17H17BrFNO4/c1-23-15-7-12(8-20-9-16(21)22)6-14(18)17(15)24-10-11-2-4-13(19)5-3-11/h2-7,20H,8-10H2,1H3,(H,21,22). The predicted molar refractivity (Wildman–Crippen MR) is 90.8 cm³/mol. The Morgan fingerprint density at radius 1 is 1.25 bits per heavy atom. The third-order valence-corrected chi connectivity index (χ3v) is 3.78. The first-order valence-corrected chi connectivity index (χ1v) is 7.95. The van der Waals surface area contributed by atoms with Crippen molar-refractivity contribution in [2.24, 2.45) is 0 Å². The van der Waals surface area contributed by atoms with E-state index >= 15 is 0 Å². The fourth-order valence-electron chi connectivity index (χ4n) is 2.07. The van der Waals surface area contributed by atoms with E-state index in [1.54, 1.807) is 18.2 Å². The maximum Gasteiger partial charge on any atom is 0.317 e. The van der Waals surface area contributed by atoms with E-state index in [0.717, 1.165) is 11.1 Å². The van der Waals surface area contributed by atoms with E-state index in [0.29, 0.717) is 22.5 Å². The lowest BCUT2D eigenvalue weighted by molar-refractivity contribution is -0.135. The van der Waals surface area contributed by atoms with Crippen LogP contribution in [0.4, 0.5) is 4.39 Å². The van der Waals surface area contributed by atoms with E-state index in [9.17, 15) is 9.18 Å². The number of methoxy groups -OCH3 is 1. The topological polar surface area (TPSA) is 67.8 Å². The lowest BCUT2D eigenvalue weighted by atomic mass is 10.2. The number of carbonyl (C=O) groups is 1. The number of ether oxygens (including phenoxy) is 2. The molecule has 2 aromatic carbocycles. The summed E-state index contributed by atoms with van der Waals surface area (Å²) in [4.78, 5) is 10.5. The monoisotopic (exact) mass is 397 g/mol. The average Bonchev–Trinajstić information content (AvgIpc) is 2.54. The van der Waals surface area contributed by atoms with Gasteiger partial charge in [0, 0.05) is 6.54 Å². The van der Waals surface area contributed by atoms with E-state index in [2.05, 4.69) is 21.2 Å². The molecule has 0 aliphatic heterocycles. The van der Waals surface area contributed by atoms with Gasteiger partial charge in [-0.25, -0.2) is 4.39 Å². The van der Waals surface area contributed by atoms with Crippen molar-refractivity contribution in [1.29, 1.82) is 0 Å². The van der Waals surface area contributed by atoms with Gasteiger partial charge >= 0.3 is 5.97 Å². The zero-order valence-electron chi connectivity index (χ0n) is 13.0. The first kappa shape index (κ1) is 18.2. The molecule has 0 aromatic heterocycles. The molecule has 0 saturated carbocycles. The molecule has 2 rings (SSSR count). The minimum Gasteiger partial charge on any atom is -0.493 e. The summed E-state index contributed by atoms with van der Waals surface area (Å²) < 4.78 is 24.7. The molecule has 128 valence electrons. The summed E-state index contributed by atoms with van der Waals surface area (Å²) in [6.07, 6.45) is 0. The number of rotatable bonds is 8. The third-order valence-electron chi connectivity index (χ3n) is 3.19. The van der Waals surface area contributed by atoms with Crippen molar-refractivity contribution < 1.29 is 23.8 Å². The molecule has 0 spiro atoms. The van der Waals surface area contributed by atoms with Gasteiger partial charge in [0.15, 0.2) is 11.5 Å². The largest absolute Gasteiger partial charge is 0.493 e. The zero-order chi connectivity index (χ0) is 17.5. The molecule has 0 aliphatic rings. The average molecular weight is 398 g/mol. The molecule has 0 bridgehead atoms. The van der Waals surface area contributed by atoms with Crippen molar-refractivity contribution in [2.45, 2.75) is 13.2 Å². The summed E-state index contributed by atoms with van der Waals surface area (Å²) >= 11 is 3.44. The summed E-state index contributed by atoms with van der Waals surface area (Å²) in [6.45, 7) is 0.536. The summed E-state index contributed by atoms with van der Waals surface area (Å²) in [6, 6.07) is 9.67. The first-order valence-electron chi connectivity index (χ1n) is 7.15. The fraction of sp³-hybridized carbons (Fsp3) is 0.235. The van der Waals surface area contributed by atoms with Crippen LogP contribution in [0.15, 0.2) is 40.9 Å². The molecule has 0 radical (unpaired) electrons. The summed E-state index contributed by atoms with van der Waals surface area (Å²) in [7, 11) is 1.53. The lowest BCUT2D eigenvalue weighted by Gasteiger charge is -2.14. The molecular weight excluding hydrogens is 381 g/mol. The zero-order valence-corrected chi connectivity index (χ0v) is 14.6. The molecule has 2 N–H and O–H groups in total. The molecular formula is C17H17BrFNO4. The van der Waals surface area contributed by atoms with Crippen LogP contribution in [0.1, 0.15) is 11.1 Å².